The number of nitrogen functional groups attached to an aromatic ring is 1. The summed E-state index contributed by atoms with van der Waals surface area (Å²) in [6.07, 6.45) is 9.65. The monoisotopic (exact) mass is 277 g/mol. The van der Waals surface area contributed by atoms with Crippen LogP contribution in [0.5, 0.6) is 5.75 Å². The van der Waals surface area contributed by atoms with Crippen molar-refractivity contribution in [2.75, 3.05) is 30.5 Å². The number of anilines is 2. The summed E-state index contributed by atoms with van der Waals surface area (Å²) in [6.45, 7) is 2.08. The van der Waals surface area contributed by atoms with Crippen LogP contribution in [0.15, 0.2) is 6.33 Å². The predicted molar refractivity (Wildman–Crippen MR) is 78.7 cm³/mol. The van der Waals surface area contributed by atoms with E-state index in [-0.39, 0.29) is 0 Å². The molecule has 1 aliphatic heterocycles. The molecule has 3 N–H and O–H groups in total. The number of hydrogen-bond donors (Lipinski definition) is 2. The second kappa shape index (κ2) is 5.44. The molecule has 3 rings (SSSR count). The van der Waals surface area contributed by atoms with Crippen LogP contribution in [0, 0.1) is 5.41 Å². The van der Waals surface area contributed by atoms with Gasteiger partial charge < -0.3 is 15.1 Å². The highest BCUT2D eigenvalue weighted by atomic mass is 16.5. The minimum Gasteiger partial charge on any atom is -0.490 e. The van der Waals surface area contributed by atoms with Gasteiger partial charge in [0.15, 0.2) is 11.6 Å². The van der Waals surface area contributed by atoms with Gasteiger partial charge in [-0.3, -0.25) is 0 Å². The van der Waals surface area contributed by atoms with E-state index >= 15 is 0 Å². The Labute approximate surface area is 119 Å². The van der Waals surface area contributed by atoms with Crippen molar-refractivity contribution >= 4 is 11.6 Å². The molecule has 0 unspecified atom stereocenters. The number of methoxy groups -OCH3 is 1. The van der Waals surface area contributed by atoms with Crippen LogP contribution in [0.1, 0.15) is 38.5 Å². The number of nitrogens with two attached hydrogens (primary N) is 1. The van der Waals surface area contributed by atoms with E-state index in [9.17, 15) is 0 Å². The van der Waals surface area contributed by atoms with Crippen molar-refractivity contribution in [3.8, 4) is 5.75 Å². The highest BCUT2D eigenvalue weighted by molar-refractivity contribution is 5.64. The number of aromatic nitrogens is 2. The molecule has 0 aromatic carbocycles. The first kappa shape index (κ1) is 13.4. The molecular formula is C14H23N5O. The van der Waals surface area contributed by atoms with E-state index in [4.69, 9.17) is 10.6 Å². The molecule has 6 heteroatoms. The average Bonchev–Trinajstić information content (AvgIpc) is 2.95. The fourth-order valence-electron chi connectivity index (χ4n) is 3.70. The van der Waals surface area contributed by atoms with E-state index in [1.165, 1.54) is 44.9 Å². The highest BCUT2D eigenvalue weighted by Gasteiger charge is 2.37. The van der Waals surface area contributed by atoms with E-state index in [1.807, 2.05) is 0 Å². The van der Waals surface area contributed by atoms with Gasteiger partial charge in [-0.15, -0.1) is 0 Å². The van der Waals surface area contributed by atoms with Crippen molar-refractivity contribution in [2.45, 2.75) is 38.5 Å². The Bertz CT molecular complexity index is 463. The fourth-order valence-corrected chi connectivity index (χ4v) is 3.70. The predicted octanol–water partition coefficient (Wildman–Crippen LogP) is 1.93. The summed E-state index contributed by atoms with van der Waals surface area (Å²) in [5, 5.41) is 0. The fraction of sp³-hybridized carbons (Fsp3) is 0.714. The topological polar surface area (TPSA) is 76.3 Å². The maximum atomic E-state index is 5.48. The van der Waals surface area contributed by atoms with Crippen LogP contribution in [-0.4, -0.2) is 30.2 Å². The molecule has 0 atom stereocenters. The minimum atomic E-state index is 0.540. The number of rotatable bonds is 3. The van der Waals surface area contributed by atoms with Crippen molar-refractivity contribution in [1.82, 2.24) is 9.97 Å². The maximum Gasteiger partial charge on any atom is 0.205 e. The van der Waals surface area contributed by atoms with Gasteiger partial charge in [0.05, 0.1) is 7.11 Å². The molecule has 0 amide bonds. The summed E-state index contributed by atoms with van der Waals surface area (Å²) in [5.74, 6) is 7.51. The van der Waals surface area contributed by atoms with Gasteiger partial charge in [-0.25, -0.2) is 15.8 Å². The van der Waals surface area contributed by atoms with Gasteiger partial charge >= 0.3 is 0 Å². The molecule has 20 heavy (non-hydrogen) atoms. The standard InChI is InChI=1S/C14H23N5O/c1-20-11-12(18-15)16-10-17-13(11)19-8-6-14(7-9-19)4-2-3-5-14/h10H,2-9,15H2,1H3,(H,16,17,18). The first-order valence-corrected chi connectivity index (χ1v) is 7.38. The molecule has 2 fully saturated rings. The summed E-state index contributed by atoms with van der Waals surface area (Å²) in [5.41, 5.74) is 3.17. The SMILES string of the molecule is COc1c(NN)ncnc1N1CCC2(CCCC2)CC1. The van der Waals surface area contributed by atoms with Gasteiger partial charge in [-0.05, 0) is 31.1 Å². The smallest absolute Gasteiger partial charge is 0.205 e. The number of nitrogens with zero attached hydrogens (tertiary/aromatic N) is 3. The molecule has 1 saturated carbocycles. The van der Waals surface area contributed by atoms with Crippen LogP contribution in [0.3, 0.4) is 0 Å². The van der Waals surface area contributed by atoms with Crippen molar-refractivity contribution in [2.24, 2.45) is 11.3 Å². The Hall–Kier alpha value is -1.56. The Morgan fingerprint density at radius 3 is 2.50 bits per heavy atom. The lowest BCUT2D eigenvalue weighted by Crippen LogP contribution is -2.39. The van der Waals surface area contributed by atoms with E-state index in [0.29, 0.717) is 17.0 Å². The zero-order valence-electron chi connectivity index (χ0n) is 12.1. The first-order valence-electron chi connectivity index (χ1n) is 7.38. The van der Waals surface area contributed by atoms with E-state index in [2.05, 4.69) is 20.3 Å². The van der Waals surface area contributed by atoms with Crippen LogP contribution >= 0.6 is 0 Å². The van der Waals surface area contributed by atoms with E-state index in [0.717, 1.165) is 18.9 Å². The second-order valence-electron chi connectivity index (χ2n) is 5.92. The van der Waals surface area contributed by atoms with Crippen LogP contribution < -0.4 is 20.9 Å². The molecule has 0 radical (unpaired) electrons. The quantitative estimate of drug-likeness (QED) is 0.649. The summed E-state index contributed by atoms with van der Waals surface area (Å²) >= 11 is 0. The minimum absolute atomic E-state index is 0.540. The number of nitrogens with one attached hydrogen (secondary N) is 1. The van der Waals surface area contributed by atoms with Gasteiger partial charge in [-0.2, -0.15) is 0 Å². The second-order valence-corrected chi connectivity index (χ2v) is 5.92. The van der Waals surface area contributed by atoms with Crippen molar-refractivity contribution in [3.05, 3.63) is 6.33 Å². The van der Waals surface area contributed by atoms with Crippen molar-refractivity contribution in [1.29, 1.82) is 0 Å². The third kappa shape index (κ3) is 2.28. The summed E-state index contributed by atoms with van der Waals surface area (Å²) in [7, 11) is 1.63. The molecule has 1 aromatic rings. The Morgan fingerprint density at radius 2 is 1.90 bits per heavy atom. The number of piperidine rings is 1. The number of hydrogen-bond acceptors (Lipinski definition) is 6. The molecular weight excluding hydrogens is 254 g/mol. The lowest BCUT2D eigenvalue weighted by atomic mass is 9.77. The maximum absolute atomic E-state index is 5.48. The van der Waals surface area contributed by atoms with Gasteiger partial charge in [-0.1, -0.05) is 12.8 Å². The summed E-state index contributed by atoms with van der Waals surface area (Å²) in [4.78, 5) is 10.8. The van der Waals surface area contributed by atoms with E-state index in [1.54, 1.807) is 7.11 Å². The normalized spacial score (nSPS) is 21.2. The highest BCUT2D eigenvalue weighted by Crippen LogP contribution is 2.47. The van der Waals surface area contributed by atoms with Crippen LogP contribution in [-0.2, 0) is 0 Å². The lowest BCUT2D eigenvalue weighted by Gasteiger charge is -2.40. The van der Waals surface area contributed by atoms with Gasteiger partial charge in [0.2, 0.25) is 5.75 Å². The molecule has 0 bridgehead atoms. The van der Waals surface area contributed by atoms with Crippen molar-refractivity contribution < 1.29 is 4.74 Å². The molecule has 1 spiro atoms. The zero-order chi connectivity index (χ0) is 14.0. The third-order valence-corrected chi connectivity index (χ3v) is 4.91. The summed E-state index contributed by atoms with van der Waals surface area (Å²) < 4.78 is 5.43. The Balaban J connectivity index is 1.77. The number of ether oxygens (including phenoxy) is 1. The van der Waals surface area contributed by atoms with Gasteiger partial charge in [0, 0.05) is 13.1 Å². The zero-order valence-corrected chi connectivity index (χ0v) is 12.1. The third-order valence-electron chi connectivity index (χ3n) is 4.91. The molecule has 6 nitrogen and oxygen atoms in total. The van der Waals surface area contributed by atoms with Crippen LogP contribution in [0.4, 0.5) is 11.6 Å². The molecule has 110 valence electrons. The van der Waals surface area contributed by atoms with Crippen LogP contribution in [0.2, 0.25) is 0 Å². The van der Waals surface area contributed by atoms with Crippen LogP contribution in [0.25, 0.3) is 0 Å². The molecule has 2 aliphatic rings. The molecule has 1 aromatic heterocycles. The Morgan fingerprint density at radius 1 is 1.20 bits per heavy atom. The van der Waals surface area contributed by atoms with Gasteiger partial charge in [0.1, 0.15) is 6.33 Å². The summed E-state index contributed by atoms with van der Waals surface area (Å²) in [6, 6.07) is 0. The van der Waals surface area contributed by atoms with E-state index < -0.39 is 0 Å². The molecule has 2 heterocycles. The lowest BCUT2D eigenvalue weighted by molar-refractivity contribution is 0.225. The number of hydrazine groups is 1. The molecule has 1 aliphatic carbocycles. The first-order chi connectivity index (χ1) is 9.78. The average molecular weight is 277 g/mol. The van der Waals surface area contributed by atoms with Gasteiger partial charge in [0.25, 0.3) is 0 Å². The Kier molecular flexibility index (Phi) is 3.65. The largest absolute Gasteiger partial charge is 0.490 e. The van der Waals surface area contributed by atoms with Crippen molar-refractivity contribution in [3.63, 3.8) is 0 Å². The molecule has 1 saturated heterocycles.